The summed E-state index contributed by atoms with van der Waals surface area (Å²) in [5, 5.41) is 4.92. The molecule has 0 aromatic carbocycles. The van der Waals surface area contributed by atoms with Crippen molar-refractivity contribution in [3.63, 3.8) is 0 Å². The van der Waals surface area contributed by atoms with E-state index in [0.29, 0.717) is 15.4 Å². The van der Waals surface area contributed by atoms with Gasteiger partial charge in [0.15, 0.2) is 6.61 Å². The van der Waals surface area contributed by atoms with E-state index in [-0.39, 0.29) is 0 Å². The number of methoxy groups -OCH3 is 1. The second-order valence-corrected chi connectivity index (χ2v) is 7.56. The van der Waals surface area contributed by atoms with E-state index < -0.39 is 24.5 Å². The number of nitrogens with one attached hydrogen (secondary N) is 1. The maximum Gasteiger partial charge on any atom is 0.348 e. The van der Waals surface area contributed by atoms with Crippen molar-refractivity contribution in [2.24, 2.45) is 0 Å². The summed E-state index contributed by atoms with van der Waals surface area (Å²) in [5.74, 6) is -1.47. The number of thiophene rings is 2. The normalized spacial score (nSPS) is 13.0. The van der Waals surface area contributed by atoms with Gasteiger partial charge in [-0.15, -0.1) is 22.7 Å². The van der Waals surface area contributed by atoms with Crippen LogP contribution in [0.25, 0.3) is 0 Å². The topological polar surface area (TPSA) is 81.7 Å². The summed E-state index contributed by atoms with van der Waals surface area (Å²) >= 11 is 2.64. The molecule has 2 aromatic heterocycles. The van der Waals surface area contributed by atoms with Crippen molar-refractivity contribution in [3.8, 4) is 0 Å². The number of anilines is 1. The van der Waals surface area contributed by atoms with Gasteiger partial charge in [-0.1, -0.05) is 6.07 Å². The Balaban J connectivity index is 1.69. The molecule has 0 aliphatic heterocycles. The van der Waals surface area contributed by atoms with Crippen LogP contribution in [0.4, 0.5) is 5.00 Å². The average Bonchev–Trinajstić information content (AvgIpc) is 3.26. The Morgan fingerprint density at radius 3 is 2.72 bits per heavy atom. The zero-order valence-electron chi connectivity index (χ0n) is 13.6. The number of hydrogen-bond donors (Lipinski definition) is 1. The van der Waals surface area contributed by atoms with E-state index in [1.54, 1.807) is 17.5 Å². The average molecular weight is 379 g/mol. The number of rotatable bonds is 5. The summed E-state index contributed by atoms with van der Waals surface area (Å²) in [4.78, 5) is 37.6. The minimum absolute atomic E-state index is 0.403. The Morgan fingerprint density at radius 2 is 2.00 bits per heavy atom. The Kier molecular flexibility index (Phi) is 5.50. The van der Waals surface area contributed by atoms with Crippen molar-refractivity contribution in [3.05, 3.63) is 38.4 Å². The standard InChI is InChI=1S/C17H17NO5S2/c1-22-17(21)14-10-5-2-3-6-11(10)25-15(14)18-13(19)9-23-16(20)12-7-4-8-24-12/h4,7-8H,2-3,5-6,9H2,1H3,(H,18,19). The van der Waals surface area contributed by atoms with Crippen molar-refractivity contribution in [2.45, 2.75) is 25.7 Å². The molecule has 8 heteroatoms. The van der Waals surface area contributed by atoms with E-state index in [9.17, 15) is 14.4 Å². The lowest BCUT2D eigenvalue weighted by molar-refractivity contribution is -0.119. The number of fused-ring (bicyclic) bond motifs is 1. The Hall–Kier alpha value is -2.19. The van der Waals surface area contributed by atoms with Crippen LogP contribution < -0.4 is 5.32 Å². The number of carbonyl (C=O) groups is 3. The quantitative estimate of drug-likeness (QED) is 0.807. The first-order chi connectivity index (χ1) is 12.1. The summed E-state index contributed by atoms with van der Waals surface area (Å²) in [6.45, 7) is -0.403. The Morgan fingerprint density at radius 1 is 1.20 bits per heavy atom. The molecular formula is C17H17NO5S2. The molecule has 1 aliphatic carbocycles. The van der Waals surface area contributed by atoms with E-state index in [1.165, 1.54) is 29.8 Å². The summed E-state index contributed by atoms with van der Waals surface area (Å²) in [6.07, 6.45) is 3.78. The highest BCUT2D eigenvalue weighted by atomic mass is 32.1. The van der Waals surface area contributed by atoms with Crippen LogP contribution in [-0.4, -0.2) is 31.6 Å². The van der Waals surface area contributed by atoms with Gasteiger partial charge in [-0.2, -0.15) is 0 Å². The molecule has 1 aliphatic rings. The summed E-state index contributed by atoms with van der Waals surface area (Å²) in [5.41, 5.74) is 1.40. The third kappa shape index (κ3) is 3.91. The summed E-state index contributed by atoms with van der Waals surface area (Å²) < 4.78 is 9.86. The van der Waals surface area contributed by atoms with E-state index >= 15 is 0 Å². The van der Waals surface area contributed by atoms with Crippen molar-refractivity contribution >= 4 is 45.5 Å². The van der Waals surface area contributed by atoms with Crippen LogP contribution in [-0.2, 0) is 27.1 Å². The third-order valence-electron chi connectivity index (χ3n) is 3.87. The fourth-order valence-electron chi connectivity index (χ4n) is 2.73. The molecule has 0 unspecified atom stereocenters. The molecule has 0 radical (unpaired) electrons. The van der Waals surface area contributed by atoms with Crippen LogP contribution in [0.15, 0.2) is 17.5 Å². The number of hydrogen-bond acceptors (Lipinski definition) is 7. The first kappa shape index (κ1) is 17.6. The minimum Gasteiger partial charge on any atom is -0.465 e. The van der Waals surface area contributed by atoms with Gasteiger partial charge < -0.3 is 14.8 Å². The van der Waals surface area contributed by atoms with Gasteiger partial charge in [0.05, 0.1) is 12.7 Å². The first-order valence-electron chi connectivity index (χ1n) is 7.83. The fraction of sp³-hybridized carbons (Fsp3) is 0.353. The highest BCUT2D eigenvalue weighted by molar-refractivity contribution is 7.17. The molecule has 25 heavy (non-hydrogen) atoms. The molecule has 0 bridgehead atoms. The van der Waals surface area contributed by atoms with Gasteiger partial charge in [0, 0.05) is 4.88 Å². The van der Waals surface area contributed by atoms with E-state index in [2.05, 4.69) is 5.32 Å². The molecular weight excluding hydrogens is 362 g/mol. The van der Waals surface area contributed by atoms with Gasteiger partial charge in [0.1, 0.15) is 9.88 Å². The largest absolute Gasteiger partial charge is 0.465 e. The molecule has 2 heterocycles. The van der Waals surface area contributed by atoms with Crippen LogP contribution in [0.2, 0.25) is 0 Å². The molecule has 132 valence electrons. The number of ether oxygens (including phenoxy) is 2. The molecule has 0 spiro atoms. The number of esters is 2. The van der Waals surface area contributed by atoms with Crippen LogP contribution in [0.1, 0.15) is 43.3 Å². The van der Waals surface area contributed by atoms with Gasteiger partial charge in [-0.25, -0.2) is 9.59 Å². The lowest BCUT2D eigenvalue weighted by atomic mass is 9.95. The molecule has 3 rings (SSSR count). The van der Waals surface area contributed by atoms with Gasteiger partial charge in [-0.3, -0.25) is 4.79 Å². The van der Waals surface area contributed by atoms with Crippen molar-refractivity contribution in [2.75, 3.05) is 19.0 Å². The lowest BCUT2D eigenvalue weighted by Crippen LogP contribution is -2.21. The Bertz CT molecular complexity index is 794. The number of amides is 1. The van der Waals surface area contributed by atoms with E-state index in [4.69, 9.17) is 9.47 Å². The second-order valence-electron chi connectivity index (χ2n) is 5.51. The predicted molar refractivity (Wildman–Crippen MR) is 95.5 cm³/mol. The summed E-state index contributed by atoms with van der Waals surface area (Å²) in [6, 6.07) is 3.37. The highest BCUT2D eigenvalue weighted by Gasteiger charge is 2.27. The second kappa shape index (κ2) is 7.79. The van der Waals surface area contributed by atoms with Gasteiger partial charge >= 0.3 is 11.9 Å². The zero-order valence-corrected chi connectivity index (χ0v) is 15.3. The maximum atomic E-state index is 12.1. The SMILES string of the molecule is COC(=O)c1c(NC(=O)COC(=O)c2cccs2)sc2c1CCCC2. The first-order valence-corrected chi connectivity index (χ1v) is 9.53. The van der Waals surface area contributed by atoms with Crippen LogP contribution in [0.3, 0.4) is 0 Å². The van der Waals surface area contributed by atoms with Gasteiger partial charge in [-0.05, 0) is 42.7 Å². The zero-order chi connectivity index (χ0) is 17.8. The molecule has 0 saturated heterocycles. The fourth-order valence-corrected chi connectivity index (χ4v) is 4.64. The monoisotopic (exact) mass is 379 g/mol. The van der Waals surface area contributed by atoms with Crippen molar-refractivity contribution < 1.29 is 23.9 Å². The predicted octanol–water partition coefficient (Wildman–Crippen LogP) is 3.27. The maximum absolute atomic E-state index is 12.1. The van der Waals surface area contributed by atoms with Crippen LogP contribution >= 0.6 is 22.7 Å². The molecule has 1 N–H and O–H groups in total. The van der Waals surface area contributed by atoms with Crippen LogP contribution in [0, 0.1) is 0 Å². The smallest absolute Gasteiger partial charge is 0.348 e. The molecule has 0 atom stereocenters. The van der Waals surface area contributed by atoms with Crippen molar-refractivity contribution in [1.29, 1.82) is 0 Å². The molecule has 1 amide bonds. The molecule has 2 aromatic rings. The van der Waals surface area contributed by atoms with E-state index in [0.717, 1.165) is 36.1 Å². The molecule has 0 fully saturated rings. The molecule has 0 saturated carbocycles. The minimum atomic E-state index is -0.538. The molecule has 6 nitrogen and oxygen atoms in total. The van der Waals surface area contributed by atoms with Gasteiger partial charge in [0.25, 0.3) is 5.91 Å². The number of carbonyl (C=O) groups excluding carboxylic acids is 3. The number of aryl methyl sites for hydroxylation is 1. The highest BCUT2D eigenvalue weighted by Crippen LogP contribution is 2.38. The van der Waals surface area contributed by atoms with E-state index in [1.807, 2.05) is 0 Å². The Labute approximate surface area is 152 Å². The lowest BCUT2D eigenvalue weighted by Gasteiger charge is -2.11. The third-order valence-corrected chi connectivity index (χ3v) is 5.93. The van der Waals surface area contributed by atoms with Crippen LogP contribution in [0.5, 0.6) is 0 Å². The van der Waals surface area contributed by atoms with Gasteiger partial charge in [0.2, 0.25) is 0 Å². The van der Waals surface area contributed by atoms with Crippen molar-refractivity contribution in [1.82, 2.24) is 0 Å². The summed E-state index contributed by atoms with van der Waals surface area (Å²) in [7, 11) is 1.32.